The number of hydrogen-bond acceptors (Lipinski definition) is 18. The molecule has 3 atom stereocenters. The monoisotopic (exact) mass is 853 g/mol. The third-order valence-electron chi connectivity index (χ3n) is 8.15. The number of rotatable bonds is 15. The molecule has 1 fully saturated rings. The van der Waals surface area contributed by atoms with E-state index in [1.54, 1.807) is 53.7 Å². The molecular formula is C35H51N9O12S2. The molecule has 0 aliphatic carbocycles. The van der Waals surface area contributed by atoms with Gasteiger partial charge in [-0.15, -0.1) is 15.6 Å². The number of benzene rings is 1. The van der Waals surface area contributed by atoms with Gasteiger partial charge in [0.2, 0.25) is 0 Å². The molecule has 0 radical (unpaired) electrons. The van der Waals surface area contributed by atoms with Gasteiger partial charge in [-0.05, 0) is 80.0 Å². The smallest absolute Gasteiger partial charge is 0.418 e. The Hall–Kier alpha value is -5.10. The van der Waals surface area contributed by atoms with Crippen LogP contribution in [0, 0.1) is 0 Å². The highest BCUT2D eigenvalue weighted by Gasteiger charge is 2.58. The number of aromatic nitrogens is 1. The number of carbonyl (C=O) groups is 4. The van der Waals surface area contributed by atoms with Crippen LogP contribution in [0.1, 0.15) is 79.5 Å². The fourth-order valence-corrected chi connectivity index (χ4v) is 6.38. The minimum absolute atomic E-state index is 0.00118. The maximum atomic E-state index is 13.9. The van der Waals surface area contributed by atoms with Gasteiger partial charge in [-0.25, -0.2) is 14.6 Å². The second-order valence-corrected chi connectivity index (χ2v) is 17.8. The summed E-state index contributed by atoms with van der Waals surface area (Å²) in [5, 5.41) is 17.1. The molecule has 3 heterocycles. The van der Waals surface area contributed by atoms with Crippen molar-refractivity contribution in [3.63, 3.8) is 0 Å². The molecule has 23 heteroatoms. The number of carbonyl (C=O) groups excluding carboxylic acids is 4. The first-order valence-electron chi connectivity index (χ1n) is 18.0. The van der Waals surface area contributed by atoms with Gasteiger partial charge in [0.15, 0.2) is 16.8 Å². The molecule has 1 saturated heterocycles. The van der Waals surface area contributed by atoms with Crippen LogP contribution in [-0.2, 0) is 43.4 Å². The minimum Gasteiger partial charge on any atom is -0.489 e. The Bertz CT molecular complexity index is 2010. The van der Waals surface area contributed by atoms with Gasteiger partial charge in [0, 0.05) is 30.9 Å². The number of nitrogens with one attached hydrogen (secondary N) is 4. The molecule has 2 aromatic rings. The van der Waals surface area contributed by atoms with Crippen molar-refractivity contribution in [2.75, 3.05) is 38.1 Å². The van der Waals surface area contributed by atoms with E-state index in [1.807, 2.05) is 12.1 Å². The Morgan fingerprint density at radius 1 is 1.09 bits per heavy atom. The molecular weight excluding hydrogens is 803 g/mol. The van der Waals surface area contributed by atoms with E-state index in [2.05, 4.69) is 40.7 Å². The van der Waals surface area contributed by atoms with Crippen molar-refractivity contribution >= 4 is 62.4 Å². The molecule has 2 aliphatic rings. The lowest BCUT2D eigenvalue weighted by atomic mass is 9.84. The van der Waals surface area contributed by atoms with Crippen LogP contribution < -0.4 is 31.7 Å². The Morgan fingerprint density at radius 2 is 1.74 bits per heavy atom. The highest BCUT2D eigenvalue weighted by Crippen LogP contribution is 2.33. The topological polar surface area (TPSA) is 284 Å². The van der Waals surface area contributed by atoms with Crippen LogP contribution in [-0.4, -0.2) is 120 Å². The Kier molecular flexibility index (Phi) is 14.0. The van der Waals surface area contributed by atoms with E-state index in [4.69, 9.17) is 29.3 Å². The average molecular weight is 854 g/mol. The molecule has 1 aromatic carbocycles. The minimum atomic E-state index is -5.08. The van der Waals surface area contributed by atoms with Crippen molar-refractivity contribution in [2.24, 2.45) is 15.9 Å². The number of nitrogens with zero attached hydrogens (tertiary/aromatic N) is 4. The number of oxime groups is 1. The summed E-state index contributed by atoms with van der Waals surface area (Å²) in [5.41, 5.74) is 0.547. The normalized spacial score (nSPS) is 19.4. The average Bonchev–Trinajstić information content (AvgIpc) is 3.57. The molecule has 0 spiro atoms. The molecule has 0 saturated carbocycles. The maximum absolute atomic E-state index is 13.9. The third-order valence-corrected chi connectivity index (χ3v) is 9.24. The van der Waals surface area contributed by atoms with Crippen molar-refractivity contribution in [1.82, 2.24) is 26.0 Å². The Balaban J connectivity index is 1.61. The lowest BCUT2D eigenvalue weighted by molar-refractivity contribution is -0.218. The first-order valence-corrected chi connectivity index (χ1v) is 20.3. The summed E-state index contributed by atoms with van der Waals surface area (Å²) < 4.78 is 53.1. The number of hydrogen-bond donors (Lipinski definition) is 6. The van der Waals surface area contributed by atoms with Gasteiger partial charge < -0.3 is 40.7 Å². The van der Waals surface area contributed by atoms with Gasteiger partial charge in [0.05, 0.1) is 12.1 Å². The van der Waals surface area contributed by atoms with Crippen molar-refractivity contribution in [2.45, 2.75) is 96.6 Å². The molecule has 58 heavy (non-hydrogen) atoms. The molecule has 3 amide bonds. The number of esters is 1. The van der Waals surface area contributed by atoms with Gasteiger partial charge in [-0.2, -0.15) is 13.5 Å². The summed E-state index contributed by atoms with van der Waals surface area (Å²) in [6.07, 6.45) is -0.829. The fourth-order valence-electron chi connectivity index (χ4n) is 5.24. The van der Waals surface area contributed by atoms with Crippen LogP contribution in [0.25, 0.3) is 0 Å². The number of nitrogens with two attached hydrogens (primary N) is 1. The van der Waals surface area contributed by atoms with Gasteiger partial charge in [0.25, 0.3) is 17.4 Å². The van der Waals surface area contributed by atoms with E-state index >= 15 is 0 Å². The Morgan fingerprint density at radius 3 is 2.29 bits per heavy atom. The highest BCUT2D eigenvalue weighted by molar-refractivity contribution is 7.80. The summed E-state index contributed by atoms with van der Waals surface area (Å²) in [4.78, 5) is 67.5. The SMILES string of the molecule is CC(C)(C)OC(=O)Nc1nc(/C(=N/OC(C)(COc2ccc(C3CN=C(NCCN)NC3)cc2)C(=O)OC(C)(C)C)C(=O)N[C@@H]2C(=O)N(OS(=O)(=O)O)C2(C)C)cs1. The van der Waals surface area contributed by atoms with Crippen molar-refractivity contribution < 1.29 is 55.5 Å². The molecule has 320 valence electrons. The van der Waals surface area contributed by atoms with Crippen LogP contribution in [0.5, 0.6) is 5.75 Å². The summed E-state index contributed by atoms with van der Waals surface area (Å²) >= 11 is 0.901. The zero-order valence-corrected chi connectivity index (χ0v) is 35.3. The second kappa shape index (κ2) is 17.8. The number of guanidine groups is 1. The van der Waals surface area contributed by atoms with Gasteiger partial charge in [-0.1, -0.05) is 17.3 Å². The van der Waals surface area contributed by atoms with Crippen molar-refractivity contribution in [1.29, 1.82) is 0 Å². The predicted octanol–water partition coefficient (Wildman–Crippen LogP) is 1.82. The fraction of sp³-hybridized carbons (Fsp3) is 0.571. The molecule has 0 bridgehead atoms. The standard InChI is InChI=1S/C35H51N9O12S2/c1-32(2,3)53-28(47)35(9,19-52-22-12-10-20(11-13-22)21-16-38-29(39-17-21)37-15-14-36)55-43-24(23-18-57-30(40-23)42-31(48)54-33(4,5)6)26(45)41-25-27(46)44(34(25,7)8)56-58(49,50)51/h10-13,18,21,25H,14-17,19,36H2,1-9H3,(H,41,45)(H2,37,38,39)(H,40,42,48)(H,49,50,51)/b43-24-/t25-,35?/m1/s1. The third kappa shape index (κ3) is 12.4. The molecule has 21 nitrogen and oxygen atoms in total. The number of amides is 3. The maximum Gasteiger partial charge on any atom is 0.418 e. The summed E-state index contributed by atoms with van der Waals surface area (Å²) in [7, 11) is -5.08. The van der Waals surface area contributed by atoms with E-state index in [-0.39, 0.29) is 16.7 Å². The highest BCUT2D eigenvalue weighted by atomic mass is 32.3. The van der Waals surface area contributed by atoms with Crippen LogP contribution in [0.4, 0.5) is 9.93 Å². The zero-order chi connectivity index (χ0) is 43.3. The molecule has 7 N–H and O–H groups in total. The first-order chi connectivity index (χ1) is 26.8. The number of β-lactam (4-membered cyclic amide) rings is 1. The van der Waals surface area contributed by atoms with Gasteiger partial charge in [0.1, 0.15) is 35.3 Å². The number of hydroxylamine groups is 2. The van der Waals surface area contributed by atoms with E-state index in [0.29, 0.717) is 43.0 Å². The predicted molar refractivity (Wildman–Crippen MR) is 211 cm³/mol. The quantitative estimate of drug-likeness (QED) is 0.0490. The molecule has 2 unspecified atom stereocenters. The van der Waals surface area contributed by atoms with E-state index < -0.39 is 75.0 Å². The molecule has 4 rings (SSSR count). The number of aliphatic imine (C=N–C) groups is 1. The van der Waals surface area contributed by atoms with E-state index in [1.165, 1.54) is 26.2 Å². The summed E-state index contributed by atoms with van der Waals surface area (Å²) in [6, 6.07) is 5.80. The van der Waals surface area contributed by atoms with Gasteiger partial charge in [-0.3, -0.25) is 24.5 Å². The first kappa shape index (κ1) is 45.6. The number of anilines is 1. The zero-order valence-electron chi connectivity index (χ0n) is 33.7. The summed E-state index contributed by atoms with van der Waals surface area (Å²) in [5.74, 6) is -1.81. The second-order valence-electron chi connectivity index (χ2n) is 16.0. The lowest BCUT2D eigenvalue weighted by Crippen LogP contribution is -2.76. The number of thiazole rings is 1. The van der Waals surface area contributed by atoms with Crippen LogP contribution >= 0.6 is 11.3 Å². The number of ether oxygens (including phenoxy) is 3. The van der Waals surface area contributed by atoms with Gasteiger partial charge >= 0.3 is 22.5 Å². The lowest BCUT2D eigenvalue weighted by Gasteiger charge is -2.50. The van der Waals surface area contributed by atoms with Crippen LogP contribution in [0.15, 0.2) is 39.8 Å². The largest absolute Gasteiger partial charge is 0.489 e. The van der Waals surface area contributed by atoms with Crippen LogP contribution in [0.3, 0.4) is 0 Å². The summed E-state index contributed by atoms with van der Waals surface area (Å²) in [6.45, 7) is 15.9. The van der Waals surface area contributed by atoms with E-state index in [9.17, 15) is 27.6 Å². The van der Waals surface area contributed by atoms with E-state index in [0.717, 1.165) is 16.9 Å². The van der Waals surface area contributed by atoms with Crippen LogP contribution in [0.2, 0.25) is 0 Å². The Labute approximate surface area is 340 Å². The molecule has 1 aromatic heterocycles. The van der Waals surface area contributed by atoms with Crippen molar-refractivity contribution in [3.8, 4) is 5.75 Å². The van der Waals surface area contributed by atoms with Crippen molar-refractivity contribution in [3.05, 3.63) is 40.9 Å². The molecule has 2 aliphatic heterocycles.